The van der Waals surface area contributed by atoms with Crippen molar-refractivity contribution in [1.82, 2.24) is 15.3 Å². The van der Waals surface area contributed by atoms with E-state index in [1.54, 1.807) is 12.1 Å². The minimum Gasteiger partial charge on any atom is -0.313 e. The Morgan fingerprint density at radius 3 is 2.95 bits per heavy atom. The highest BCUT2D eigenvalue weighted by atomic mass is 79.9. The third kappa shape index (κ3) is 2.99. The van der Waals surface area contributed by atoms with Crippen LogP contribution in [0.1, 0.15) is 36.6 Å². The molecule has 0 saturated carbocycles. The van der Waals surface area contributed by atoms with E-state index in [9.17, 15) is 4.39 Å². The summed E-state index contributed by atoms with van der Waals surface area (Å²) < 4.78 is 13.8. The largest absolute Gasteiger partial charge is 0.313 e. The van der Waals surface area contributed by atoms with Crippen molar-refractivity contribution in [3.05, 3.63) is 45.9 Å². The summed E-state index contributed by atoms with van der Waals surface area (Å²) in [6, 6.07) is 5.21. The highest BCUT2D eigenvalue weighted by molar-refractivity contribution is 9.10. The summed E-state index contributed by atoms with van der Waals surface area (Å²) in [5.74, 6) is 0.384. The summed E-state index contributed by atoms with van der Waals surface area (Å²) in [6.45, 7) is 0. The van der Waals surface area contributed by atoms with Crippen LogP contribution in [0.5, 0.6) is 0 Å². The molecule has 1 N–H and O–H groups in total. The second kappa shape index (κ2) is 6.20. The topological polar surface area (TPSA) is 37.8 Å². The molecule has 0 saturated heterocycles. The molecule has 5 heteroatoms. The maximum atomic E-state index is 13.3. The van der Waals surface area contributed by atoms with Crippen LogP contribution in [0, 0.1) is 5.82 Å². The number of hydrogen-bond acceptors (Lipinski definition) is 3. The first kappa shape index (κ1) is 14.6. The first-order valence-corrected chi connectivity index (χ1v) is 7.97. The number of benzene rings is 1. The zero-order valence-corrected chi connectivity index (χ0v) is 13.5. The van der Waals surface area contributed by atoms with Crippen LogP contribution in [-0.4, -0.2) is 17.0 Å². The Kier molecular flexibility index (Phi) is 4.31. The van der Waals surface area contributed by atoms with Crippen molar-refractivity contribution in [2.75, 3.05) is 7.05 Å². The van der Waals surface area contributed by atoms with Crippen LogP contribution in [0.25, 0.3) is 11.4 Å². The monoisotopic (exact) mass is 349 g/mol. The van der Waals surface area contributed by atoms with Gasteiger partial charge in [-0.05, 0) is 60.4 Å². The molecule has 3 nitrogen and oxygen atoms in total. The fourth-order valence-electron chi connectivity index (χ4n) is 2.79. The molecular formula is C16H17BrFN3. The summed E-state index contributed by atoms with van der Waals surface area (Å²) in [4.78, 5) is 9.20. The van der Waals surface area contributed by atoms with E-state index < -0.39 is 0 Å². The lowest BCUT2D eigenvalue weighted by Crippen LogP contribution is -2.17. The summed E-state index contributed by atoms with van der Waals surface area (Å²) >= 11 is 3.21. The van der Waals surface area contributed by atoms with Crippen molar-refractivity contribution in [3.8, 4) is 11.4 Å². The Hall–Kier alpha value is -1.33. The van der Waals surface area contributed by atoms with E-state index in [0.717, 1.165) is 30.5 Å². The van der Waals surface area contributed by atoms with Gasteiger partial charge in [0.1, 0.15) is 5.82 Å². The van der Waals surface area contributed by atoms with E-state index in [-0.39, 0.29) is 5.82 Å². The second-order valence-electron chi connectivity index (χ2n) is 5.31. The van der Waals surface area contributed by atoms with E-state index in [1.807, 2.05) is 13.2 Å². The van der Waals surface area contributed by atoms with Crippen LogP contribution >= 0.6 is 15.9 Å². The molecular weight excluding hydrogens is 333 g/mol. The van der Waals surface area contributed by atoms with Gasteiger partial charge in [-0.15, -0.1) is 0 Å². The zero-order valence-electron chi connectivity index (χ0n) is 11.9. The molecule has 110 valence electrons. The Labute approximate surface area is 132 Å². The van der Waals surface area contributed by atoms with Crippen molar-refractivity contribution in [1.29, 1.82) is 0 Å². The van der Waals surface area contributed by atoms with Crippen molar-refractivity contribution >= 4 is 15.9 Å². The van der Waals surface area contributed by atoms with Gasteiger partial charge in [-0.1, -0.05) is 6.42 Å². The molecule has 21 heavy (non-hydrogen) atoms. The lowest BCUT2D eigenvalue weighted by molar-refractivity contribution is 0.532. The van der Waals surface area contributed by atoms with E-state index in [0.29, 0.717) is 16.3 Å². The van der Waals surface area contributed by atoms with Crippen molar-refractivity contribution in [2.24, 2.45) is 0 Å². The molecule has 0 amide bonds. The maximum Gasteiger partial charge on any atom is 0.159 e. The fraction of sp³-hybridized carbons (Fsp3) is 0.375. The van der Waals surface area contributed by atoms with Gasteiger partial charge in [0.25, 0.3) is 0 Å². The molecule has 1 aromatic heterocycles. The highest BCUT2D eigenvalue weighted by Gasteiger charge is 2.19. The van der Waals surface area contributed by atoms with Crippen molar-refractivity contribution in [2.45, 2.75) is 31.7 Å². The number of fused-ring (bicyclic) bond motifs is 1. The molecule has 0 fully saturated rings. The van der Waals surface area contributed by atoms with Gasteiger partial charge in [0.2, 0.25) is 0 Å². The van der Waals surface area contributed by atoms with Crippen LogP contribution in [0.2, 0.25) is 0 Å². The Morgan fingerprint density at radius 2 is 2.19 bits per heavy atom. The molecule has 3 rings (SSSR count). The lowest BCUT2D eigenvalue weighted by atomic mass is 10.0. The first-order valence-electron chi connectivity index (χ1n) is 7.17. The summed E-state index contributed by atoms with van der Waals surface area (Å²) in [6.07, 6.45) is 6.36. The minimum atomic E-state index is -0.274. The van der Waals surface area contributed by atoms with Crippen LogP contribution in [0.15, 0.2) is 28.9 Å². The summed E-state index contributed by atoms with van der Waals surface area (Å²) in [5, 5.41) is 3.34. The van der Waals surface area contributed by atoms with Gasteiger partial charge < -0.3 is 5.32 Å². The molecule has 0 bridgehead atoms. The predicted molar refractivity (Wildman–Crippen MR) is 84.5 cm³/mol. The Bertz CT molecular complexity index is 660. The Balaban J connectivity index is 2.02. The molecule has 1 aliphatic carbocycles. The third-order valence-electron chi connectivity index (χ3n) is 3.96. The van der Waals surface area contributed by atoms with Gasteiger partial charge >= 0.3 is 0 Å². The van der Waals surface area contributed by atoms with Crippen LogP contribution < -0.4 is 5.32 Å². The molecule has 1 aliphatic rings. The van der Waals surface area contributed by atoms with Gasteiger partial charge in [0.15, 0.2) is 5.82 Å². The van der Waals surface area contributed by atoms with Crippen LogP contribution in [0.4, 0.5) is 4.39 Å². The average molecular weight is 350 g/mol. The molecule has 1 atom stereocenters. The number of aromatic nitrogens is 2. The van der Waals surface area contributed by atoms with Gasteiger partial charge in [-0.2, -0.15) is 0 Å². The number of rotatable bonds is 2. The summed E-state index contributed by atoms with van der Waals surface area (Å²) in [7, 11) is 1.98. The molecule has 1 unspecified atom stereocenters. The van der Waals surface area contributed by atoms with E-state index in [2.05, 4.69) is 26.2 Å². The third-order valence-corrected chi connectivity index (χ3v) is 4.57. The number of halogens is 2. The van der Waals surface area contributed by atoms with E-state index in [1.165, 1.54) is 18.1 Å². The smallest absolute Gasteiger partial charge is 0.159 e. The van der Waals surface area contributed by atoms with Crippen LogP contribution in [0.3, 0.4) is 0 Å². The zero-order chi connectivity index (χ0) is 14.8. The minimum absolute atomic E-state index is 0.274. The van der Waals surface area contributed by atoms with Gasteiger partial charge in [-0.3, -0.25) is 0 Å². The number of aryl methyl sites for hydroxylation is 1. The lowest BCUT2D eigenvalue weighted by Gasteiger charge is -2.16. The van der Waals surface area contributed by atoms with E-state index in [4.69, 9.17) is 4.98 Å². The first-order chi connectivity index (χ1) is 10.2. The Morgan fingerprint density at radius 1 is 1.33 bits per heavy atom. The van der Waals surface area contributed by atoms with Crippen molar-refractivity contribution < 1.29 is 4.39 Å². The van der Waals surface area contributed by atoms with Gasteiger partial charge in [-0.25, -0.2) is 14.4 Å². The molecule has 0 aliphatic heterocycles. The quantitative estimate of drug-likeness (QED) is 0.831. The number of nitrogens with one attached hydrogen (secondary N) is 1. The molecule has 0 radical (unpaired) electrons. The average Bonchev–Trinajstić information content (AvgIpc) is 2.71. The fourth-order valence-corrected chi connectivity index (χ4v) is 3.17. The molecule has 1 aromatic carbocycles. The molecule has 2 aromatic rings. The number of nitrogens with zero attached hydrogens (tertiary/aromatic N) is 2. The second-order valence-corrected chi connectivity index (χ2v) is 6.17. The normalized spacial score (nSPS) is 18.1. The van der Waals surface area contributed by atoms with Crippen LogP contribution in [-0.2, 0) is 6.42 Å². The number of hydrogen-bond donors (Lipinski definition) is 1. The van der Waals surface area contributed by atoms with E-state index >= 15 is 0 Å². The van der Waals surface area contributed by atoms with Gasteiger partial charge in [0.05, 0.1) is 4.47 Å². The van der Waals surface area contributed by atoms with Crippen molar-refractivity contribution in [3.63, 3.8) is 0 Å². The highest BCUT2D eigenvalue weighted by Crippen LogP contribution is 2.29. The SMILES string of the molecule is CNC1CCCCc2nc(-c3ccc(F)c(Br)c3)ncc21. The molecule has 0 spiro atoms. The molecule has 1 heterocycles. The summed E-state index contributed by atoms with van der Waals surface area (Å²) in [5.41, 5.74) is 3.13. The predicted octanol–water partition coefficient (Wildman–Crippen LogP) is 4.03. The maximum absolute atomic E-state index is 13.3. The van der Waals surface area contributed by atoms with Gasteiger partial charge in [0, 0.05) is 29.1 Å². The standard InChI is InChI=1S/C16H17BrFN3/c1-19-14-4-2-3-5-15-11(14)9-20-16(21-15)10-6-7-13(18)12(17)8-10/h6-9,14,19H,2-5H2,1H3.